The van der Waals surface area contributed by atoms with E-state index in [0.29, 0.717) is 35.5 Å². The Morgan fingerprint density at radius 2 is 1.95 bits per heavy atom. The van der Waals surface area contributed by atoms with Crippen LogP contribution in [0.1, 0.15) is 63.8 Å². The molecule has 1 heterocycles. The molecule has 0 saturated carbocycles. The third-order valence-electron chi connectivity index (χ3n) is 6.42. The summed E-state index contributed by atoms with van der Waals surface area (Å²) in [5, 5.41) is 13.8. The van der Waals surface area contributed by atoms with E-state index in [1.165, 1.54) is 9.80 Å². The fourth-order valence-corrected chi connectivity index (χ4v) is 4.63. The third kappa shape index (κ3) is 6.25. The van der Waals surface area contributed by atoms with Gasteiger partial charge in [0.1, 0.15) is 24.0 Å². The summed E-state index contributed by atoms with van der Waals surface area (Å²) in [5.41, 5.74) is 2.98. The largest absolute Gasteiger partial charge is 0.490 e. The van der Waals surface area contributed by atoms with Crippen molar-refractivity contribution in [1.29, 1.82) is 5.26 Å². The number of hydrogen-bond donors (Lipinski definition) is 0. The van der Waals surface area contributed by atoms with Crippen LogP contribution in [0.2, 0.25) is 0 Å². The number of carbonyl (C=O) groups is 2. The number of hydrogen-bond acceptors (Lipinski definition) is 8. The fourth-order valence-electron chi connectivity index (χ4n) is 4.63. The predicted molar refractivity (Wildman–Crippen MR) is 148 cm³/mol. The molecule has 210 valence electrons. The SMILES string of the molecule is CC(C)Oc1ccc(-c2nc(-c3cccc4c3CCC4N(CC(=O)N(C)C)C(=O)OC(C)(C)C)no2)cc1C#N. The van der Waals surface area contributed by atoms with Crippen LogP contribution >= 0.6 is 0 Å². The topological polar surface area (TPSA) is 122 Å². The highest BCUT2D eigenvalue weighted by molar-refractivity contribution is 5.82. The zero-order valence-electron chi connectivity index (χ0n) is 24.0. The van der Waals surface area contributed by atoms with Gasteiger partial charge in [0.15, 0.2) is 0 Å². The van der Waals surface area contributed by atoms with E-state index in [0.717, 1.165) is 16.7 Å². The number of benzene rings is 2. The molecule has 1 unspecified atom stereocenters. The van der Waals surface area contributed by atoms with Gasteiger partial charge < -0.3 is 18.9 Å². The van der Waals surface area contributed by atoms with Crippen molar-refractivity contribution in [3.63, 3.8) is 0 Å². The molecular weight excluding hydrogens is 510 g/mol. The molecule has 10 nitrogen and oxygen atoms in total. The van der Waals surface area contributed by atoms with Gasteiger partial charge >= 0.3 is 6.09 Å². The maximum atomic E-state index is 13.2. The summed E-state index contributed by atoms with van der Waals surface area (Å²) in [7, 11) is 3.32. The first-order valence-electron chi connectivity index (χ1n) is 13.2. The van der Waals surface area contributed by atoms with E-state index in [1.807, 2.05) is 32.0 Å². The zero-order chi connectivity index (χ0) is 29.2. The van der Waals surface area contributed by atoms with Crippen molar-refractivity contribution in [2.45, 2.75) is 65.2 Å². The summed E-state index contributed by atoms with van der Waals surface area (Å²) in [4.78, 5) is 33.5. The Hall–Kier alpha value is -4.39. The van der Waals surface area contributed by atoms with E-state index in [-0.39, 0.29) is 30.5 Å². The van der Waals surface area contributed by atoms with E-state index in [4.69, 9.17) is 14.0 Å². The molecule has 0 saturated heterocycles. The number of nitriles is 1. The second kappa shape index (κ2) is 11.4. The number of likely N-dealkylation sites (N-methyl/N-ethyl adjacent to an activating group) is 1. The van der Waals surface area contributed by atoms with Crippen molar-refractivity contribution >= 4 is 12.0 Å². The van der Waals surface area contributed by atoms with Crippen molar-refractivity contribution < 1.29 is 23.6 Å². The fraction of sp³-hybridized carbons (Fsp3) is 0.433. The average molecular weight is 546 g/mol. The molecule has 40 heavy (non-hydrogen) atoms. The molecule has 1 aromatic heterocycles. The first-order chi connectivity index (χ1) is 18.9. The molecule has 0 spiro atoms. The minimum absolute atomic E-state index is 0.0656. The quantitative estimate of drug-likeness (QED) is 0.388. The smallest absolute Gasteiger partial charge is 0.411 e. The number of nitrogens with zero attached hydrogens (tertiary/aromatic N) is 5. The van der Waals surface area contributed by atoms with E-state index in [2.05, 4.69) is 16.2 Å². The van der Waals surface area contributed by atoms with Gasteiger partial charge in [0, 0.05) is 25.2 Å². The minimum atomic E-state index is -0.703. The van der Waals surface area contributed by atoms with Gasteiger partial charge in [-0.3, -0.25) is 9.69 Å². The lowest BCUT2D eigenvalue weighted by molar-refractivity contribution is -0.130. The molecule has 10 heteroatoms. The van der Waals surface area contributed by atoms with Gasteiger partial charge in [-0.05, 0) is 76.8 Å². The molecule has 3 aromatic rings. The lowest BCUT2D eigenvalue weighted by atomic mass is 10.0. The van der Waals surface area contributed by atoms with Crippen LogP contribution in [0.5, 0.6) is 5.75 Å². The van der Waals surface area contributed by atoms with Gasteiger partial charge in [-0.1, -0.05) is 23.4 Å². The monoisotopic (exact) mass is 545 g/mol. The zero-order valence-corrected chi connectivity index (χ0v) is 24.0. The van der Waals surface area contributed by atoms with E-state index in [9.17, 15) is 14.9 Å². The maximum Gasteiger partial charge on any atom is 0.411 e. The van der Waals surface area contributed by atoms with Crippen LogP contribution in [0.25, 0.3) is 22.8 Å². The number of ether oxygens (including phenoxy) is 2. The molecule has 0 N–H and O–H groups in total. The molecule has 0 bridgehead atoms. The van der Waals surface area contributed by atoms with E-state index >= 15 is 0 Å². The molecule has 0 radical (unpaired) electrons. The van der Waals surface area contributed by atoms with Crippen molar-refractivity contribution in [2.75, 3.05) is 20.6 Å². The molecule has 4 rings (SSSR count). The Kier molecular flexibility index (Phi) is 8.14. The van der Waals surface area contributed by atoms with Gasteiger partial charge in [0.25, 0.3) is 5.89 Å². The van der Waals surface area contributed by atoms with Gasteiger partial charge in [0.2, 0.25) is 11.7 Å². The highest BCUT2D eigenvalue weighted by Crippen LogP contribution is 2.41. The number of amides is 2. The average Bonchev–Trinajstić information content (AvgIpc) is 3.53. The highest BCUT2D eigenvalue weighted by Gasteiger charge is 2.36. The normalized spacial score (nSPS) is 14.4. The molecule has 2 amide bonds. The highest BCUT2D eigenvalue weighted by atomic mass is 16.6. The second-order valence-electron chi connectivity index (χ2n) is 11.2. The van der Waals surface area contributed by atoms with Crippen LogP contribution in [0.3, 0.4) is 0 Å². The Morgan fingerprint density at radius 3 is 2.60 bits per heavy atom. The summed E-state index contributed by atoms with van der Waals surface area (Å²) in [6, 6.07) is 12.7. The van der Waals surface area contributed by atoms with Gasteiger partial charge in [-0.25, -0.2) is 4.79 Å². The van der Waals surface area contributed by atoms with Gasteiger partial charge in [-0.2, -0.15) is 10.2 Å². The van der Waals surface area contributed by atoms with Crippen LogP contribution in [-0.2, 0) is 16.0 Å². The molecule has 1 aliphatic carbocycles. The molecule has 1 atom stereocenters. The number of carbonyl (C=O) groups excluding carboxylic acids is 2. The summed E-state index contributed by atoms with van der Waals surface area (Å²) in [6.45, 7) is 9.10. The van der Waals surface area contributed by atoms with Crippen molar-refractivity contribution in [2.24, 2.45) is 0 Å². The van der Waals surface area contributed by atoms with Crippen molar-refractivity contribution in [1.82, 2.24) is 19.9 Å². The first kappa shape index (κ1) is 28.6. The molecule has 0 fully saturated rings. The van der Waals surface area contributed by atoms with E-state index < -0.39 is 11.7 Å². The molecule has 1 aliphatic rings. The minimum Gasteiger partial charge on any atom is -0.490 e. The summed E-state index contributed by atoms with van der Waals surface area (Å²) in [6.07, 6.45) is 0.685. The van der Waals surface area contributed by atoms with Crippen LogP contribution in [-0.4, -0.2) is 64.3 Å². The van der Waals surface area contributed by atoms with Crippen LogP contribution in [0.15, 0.2) is 40.9 Å². The Labute approximate surface area is 234 Å². The summed E-state index contributed by atoms with van der Waals surface area (Å²) in [5.74, 6) is 0.985. The molecule has 2 aromatic carbocycles. The standard InChI is InChI=1S/C30H35N5O5/c1-18(2)38-25-14-11-19(15-20(25)16-31)28-32-27(33-40-28)23-10-8-9-22-21(23)12-13-24(22)35(17-26(36)34(6)7)29(37)39-30(3,4)5/h8-11,14-15,18,24H,12-13,17H2,1-7H3. The van der Waals surface area contributed by atoms with Crippen LogP contribution in [0.4, 0.5) is 4.79 Å². The Balaban J connectivity index is 1.66. The number of fused-ring (bicyclic) bond motifs is 1. The maximum absolute atomic E-state index is 13.2. The molecule has 0 aliphatic heterocycles. The molecular formula is C30H35N5O5. The van der Waals surface area contributed by atoms with E-state index in [1.54, 1.807) is 53.1 Å². The summed E-state index contributed by atoms with van der Waals surface area (Å²) >= 11 is 0. The predicted octanol–water partition coefficient (Wildman–Crippen LogP) is 5.38. The van der Waals surface area contributed by atoms with Gasteiger partial charge in [0.05, 0.1) is 17.7 Å². The lowest BCUT2D eigenvalue weighted by Gasteiger charge is -2.32. The Bertz CT molecular complexity index is 1450. The van der Waals surface area contributed by atoms with Crippen molar-refractivity contribution in [3.05, 3.63) is 53.1 Å². The van der Waals surface area contributed by atoms with Gasteiger partial charge in [-0.15, -0.1) is 0 Å². The van der Waals surface area contributed by atoms with Crippen LogP contribution in [0, 0.1) is 11.3 Å². The third-order valence-corrected chi connectivity index (χ3v) is 6.42. The Morgan fingerprint density at radius 1 is 1.20 bits per heavy atom. The summed E-state index contributed by atoms with van der Waals surface area (Å²) < 4.78 is 17.0. The lowest BCUT2D eigenvalue weighted by Crippen LogP contribution is -2.44. The second-order valence-corrected chi connectivity index (χ2v) is 11.2. The van der Waals surface area contributed by atoms with Crippen LogP contribution < -0.4 is 4.74 Å². The number of rotatable bonds is 7. The van der Waals surface area contributed by atoms with Crippen molar-refractivity contribution in [3.8, 4) is 34.7 Å². The first-order valence-corrected chi connectivity index (χ1v) is 13.2. The number of aromatic nitrogens is 2.